The summed E-state index contributed by atoms with van der Waals surface area (Å²) in [5.74, 6) is 0.835. The van der Waals surface area contributed by atoms with E-state index in [-0.39, 0.29) is 12.1 Å². The molecule has 0 saturated carbocycles. The van der Waals surface area contributed by atoms with Gasteiger partial charge in [-0.15, -0.1) is 0 Å². The van der Waals surface area contributed by atoms with Crippen molar-refractivity contribution in [2.24, 2.45) is 0 Å². The van der Waals surface area contributed by atoms with Crippen LogP contribution in [0, 0.1) is 20.8 Å². The molecule has 0 bridgehead atoms. The van der Waals surface area contributed by atoms with E-state index in [1.54, 1.807) is 7.11 Å². The molecule has 5 rings (SSSR count). The van der Waals surface area contributed by atoms with Crippen LogP contribution in [0.25, 0.3) is 5.69 Å². The van der Waals surface area contributed by atoms with Gasteiger partial charge in [-0.1, -0.05) is 12.1 Å². The SMILES string of the molecule is COc1ccc(-n2c(C)ccc2C2C(c3ccccn3)NC(=S)N2c2cc(C)cc(C)c2)cc1. The predicted molar refractivity (Wildman–Crippen MR) is 141 cm³/mol. The number of benzene rings is 2. The van der Waals surface area contributed by atoms with E-state index in [1.165, 1.54) is 11.1 Å². The number of anilines is 1. The summed E-state index contributed by atoms with van der Waals surface area (Å²) in [6.07, 6.45) is 1.84. The second kappa shape index (κ2) is 8.95. The van der Waals surface area contributed by atoms with Gasteiger partial charge < -0.3 is 19.5 Å². The van der Waals surface area contributed by atoms with Gasteiger partial charge >= 0.3 is 0 Å². The number of nitrogens with one attached hydrogen (secondary N) is 1. The average Bonchev–Trinajstić information content (AvgIpc) is 3.38. The highest BCUT2D eigenvalue weighted by Gasteiger charge is 2.42. The van der Waals surface area contributed by atoms with Crippen LogP contribution < -0.4 is 15.0 Å². The van der Waals surface area contributed by atoms with Crippen molar-refractivity contribution in [3.63, 3.8) is 0 Å². The van der Waals surface area contributed by atoms with Crippen LogP contribution in [0.3, 0.4) is 0 Å². The molecule has 0 amide bonds. The van der Waals surface area contributed by atoms with Crippen LogP contribution in [0.15, 0.2) is 79.0 Å². The molecule has 0 radical (unpaired) electrons. The molecule has 2 aromatic carbocycles. The zero-order chi connectivity index (χ0) is 23.8. The molecule has 5 nitrogen and oxygen atoms in total. The number of ether oxygens (including phenoxy) is 1. The zero-order valence-electron chi connectivity index (χ0n) is 19.8. The zero-order valence-corrected chi connectivity index (χ0v) is 20.6. The molecule has 3 heterocycles. The number of pyridine rings is 1. The summed E-state index contributed by atoms with van der Waals surface area (Å²) in [6, 6.07) is 25.0. The number of hydrogen-bond acceptors (Lipinski definition) is 3. The topological polar surface area (TPSA) is 42.3 Å². The van der Waals surface area contributed by atoms with Crippen molar-refractivity contribution < 1.29 is 4.74 Å². The van der Waals surface area contributed by atoms with Crippen LogP contribution in [0.4, 0.5) is 5.69 Å². The minimum absolute atomic E-state index is 0.0839. The van der Waals surface area contributed by atoms with Gasteiger partial charge in [-0.25, -0.2) is 0 Å². The van der Waals surface area contributed by atoms with Crippen molar-refractivity contribution in [2.45, 2.75) is 32.9 Å². The molecule has 2 unspecified atom stereocenters. The lowest BCUT2D eigenvalue weighted by molar-refractivity contribution is 0.414. The first-order chi connectivity index (χ1) is 16.5. The molecule has 2 aromatic heterocycles. The van der Waals surface area contributed by atoms with E-state index < -0.39 is 0 Å². The van der Waals surface area contributed by atoms with Crippen LogP contribution in [0.2, 0.25) is 0 Å². The van der Waals surface area contributed by atoms with Gasteiger partial charge in [0.25, 0.3) is 0 Å². The third kappa shape index (κ3) is 3.94. The van der Waals surface area contributed by atoms with E-state index in [0.29, 0.717) is 5.11 Å². The molecule has 1 fully saturated rings. The highest BCUT2D eigenvalue weighted by molar-refractivity contribution is 7.80. The first-order valence-electron chi connectivity index (χ1n) is 11.4. The Balaban J connectivity index is 1.70. The Kier molecular flexibility index (Phi) is 5.84. The van der Waals surface area contributed by atoms with Gasteiger partial charge in [0.1, 0.15) is 11.8 Å². The second-order valence-corrected chi connectivity index (χ2v) is 9.16. The smallest absolute Gasteiger partial charge is 0.174 e. The molecule has 0 spiro atoms. The Labute approximate surface area is 206 Å². The number of thiocarbonyl (C=S) groups is 1. The average molecular weight is 469 g/mol. The van der Waals surface area contributed by atoms with Gasteiger partial charge in [0.2, 0.25) is 0 Å². The monoisotopic (exact) mass is 468 g/mol. The van der Waals surface area contributed by atoms with Crippen LogP contribution in [0.5, 0.6) is 5.75 Å². The lowest BCUT2D eigenvalue weighted by Crippen LogP contribution is -2.30. The normalized spacial score (nSPS) is 17.6. The van der Waals surface area contributed by atoms with E-state index in [9.17, 15) is 0 Å². The Morgan fingerprint density at radius 3 is 2.26 bits per heavy atom. The first kappa shape index (κ1) is 22.2. The Hall–Kier alpha value is -3.64. The number of rotatable bonds is 5. The highest BCUT2D eigenvalue weighted by Crippen LogP contribution is 2.43. The summed E-state index contributed by atoms with van der Waals surface area (Å²) >= 11 is 5.92. The summed E-state index contributed by atoms with van der Waals surface area (Å²) in [5.41, 5.74) is 7.83. The van der Waals surface area contributed by atoms with Crippen molar-refractivity contribution >= 4 is 23.0 Å². The first-order valence-corrected chi connectivity index (χ1v) is 11.8. The van der Waals surface area contributed by atoms with Gasteiger partial charge in [0.05, 0.1) is 18.8 Å². The maximum absolute atomic E-state index is 5.92. The number of aryl methyl sites for hydroxylation is 3. The minimum atomic E-state index is -0.0965. The van der Waals surface area contributed by atoms with Crippen molar-refractivity contribution in [3.05, 3.63) is 107 Å². The molecular formula is C28H28N4OS. The van der Waals surface area contributed by atoms with Crippen molar-refractivity contribution in [1.82, 2.24) is 14.9 Å². The number of nitrogens with zero attached hydrogens (tertiary/aromatic N) is 3. The van der Waals surface area contributed by atoms with E-state index in [4.69, 9.17) is 21.9 Å². The fraction of sp³-hybridized carbons (Fsp3) is 0.214. The van der Waals surface area contributed by atoms with E-state index in [2.05, 4.69) is 84.1 Å². The van der Waals surface area contributed by atoms with E-state index in [1.807, 2.05) is 30.5 Å². The van der Waals surface area contributed by atoms with E-state index >= 15 is 0 Å². The lowest BCUT2D eigenvalue weighted by Gasteiger charge is -2.30. The second-order valence-electron chi connectivity index (χ2n) is 8.78. The third-order valence-corrected chi connectivity index (χ3v) is 6.64. The minimum Gasteiger partial charge on any atom is -0.497 e. The van der Waals surface area contributed by atoms with Gasteiger partial charge in [0, 0.05) is 29.0 Å². The fourth-order valence-corrected chi connectivity index (χ4v) is 5.24. The van der Waals surface area contributed by atoms with Gasteiger partial charge in [0.15, 0.2) is 5.11 Å². The Morgan fingerprint density at radius 1 is 0.882 bits per heavy atom. The maximum Gasteiger partial charge on any atom is 0.174 e. The molecule has 1 N–H and O–H groups in total. The highest BCUT2D eigenvalue weighted by atomic mass is 32.1. The van der Waals surface area contributed by atoms with Crippen molar-refractivity contribution in [2.75, 3.05) is 12.0 Å². The van der Waals surface area contributed by atoms with Crippen LogP contribution in [0.1, 0.15) is 40.3 Å². The van der Waals surface area contributed by atoms with Crippen molar-refractivity contribution in [1.29, 1.82) is 0 Å². The number of hydrogen-bond donors (Lipinski definition) is 1. The molecule has 0 aliphatic carbocycles. The van der Waals surface area contributed by atoms with Crippen LogP contribution >= 0.6 is 12.2 Å². The van der Waals surface area contributed by atoms with Gasteiger partial charge in [-0.2, -0.15) is 0 Å². The molecule has 172 valence electrons. The fourth-order valence-electron chi connectivity index (χ4n) is 4.90. The molecule has 1 aliphatic heterocycles. The Morgan fingerprint density at radius 2 is 1.62 bits per heavy atom. The number of aromatic nitrogens is 2. The molecule has 2 atom stereocenters. The summed E-state index contributed by atoms with van der Waals surface area (Å²) in [5, 5.41) is 4.27. The van der Waals surface area contributed by atoms with Gasteiger partial charge in [-0.05, 0) is 105 Å². The quantitative estimate of drug-likeness (QED) is 0.365. The molecule has 1 aliphatic rings. The summed E-state index contributed by atoms with van der Waals surface area (Å²) < 4.78 is 7.68. The molecular weight excluding hydrogens is 440 g/mol. The molecule has 34 heavy (non-hydrogen) atoms. The molecule has 6 heteroatoms. The van der Waals surface area contributed by atoms with Crippen molar-refractivity contribution in [3.8, 4) is 11.4 Å². The Bertz CT molecular complexity index is 1310. The van der Waals surface area contributed by atoms with Crippen LogP contribution in [-0.4, -0.2) is 21.8 Å². The summed E-state index contributed by atoms with van der Waals surface area (Å²) in [6.45, 7) is 6.38. The molecule has 1 saturated heterocycles. The van der Waals surface area contributed by atoms with E-state index in [0.717, 1.165) is 34.2 Å². The summed E-state index contributed by atoms with van der Waals surface area (Å²) in [7, 11) is 1.69. The predicted octanol–water partition coefficient (Wildman–Crippen LogP) is 5.98. The van der Waals surface area contributed by atoms with Gasteiger partial charge in [-0.3, -0.25) is 4.98 Å². The van der Waals surface area contributed by atoms with Crippen LogP contribution in [-0.2, 0) is 0 Å². The standard InChI is InChI=1S/C28H28N4OS/c1-18-15-19(2)17-22(16-18)32-27(26(30-28(32)34)24-7-5-6-14-29-24)25-13-8-20(3)31(25)21-9-11-23(33-4)12-10-21/h5-17,26-27H,1-4H3,(H,30,34). The maximum atomic E-state index is 5.92. The number of methoxy groups -OCH3 is 1. The largest absolute Gasteiger partial charge is 0.497 e. The third-order valence-electron chi connectivity index (χ3n) is 6.32. The lowest BCUT2D eigenvalue weighted by atomic mass is 10.00. The molecule has 4 aromatic rings. The summed E-state index contributed by atoms with van der Waals surface area (Å²) in [4.78, 5) is 6.93.